The summed E-state index contributed by atoms with van der Waals surface area (Å²) >= 11 is 1.39. The number of hydrogen-bond donors (Lipinski definition) is 4. The summed E-state index contributed by atoms with van der Waals surface area (Å²) in [6.45, 7) is 2.10. The zero-order chi connectivity index (χ0) is 17.6. The van der Waals surface area contributed by atoms with Gasteiger partial charge in [-0.3, -0.25) is 14.5 Å². The molecule has 2 amide bonds. The van der Waals surface area contributed by atoms with Crippen LogP contribution in [0.4, 0.5) is 4.79 Å². The van der Waals surface area contributed by atoms with Gasteiger partial charge < -0.3 is 26.0 Å². The number of carbonyl (C=O) groups excluding carboxylic acids is 2. The molecule has 4 unspecified atom stereocenters. The van der Waals surface area contributed by atoms with Gasteiger partial charge in [-0.1, -0.05) is 0 Å². The first kappa shape index (κ1) is 17.1. The summed E-state index contributed by atoms with van der Waals surface area (Å²) in [4.78, 5) is 36.3. The van der Waals surface area contributed by atoms with Crippen molar-refractivity contribution in [1.29, 1.82) is 0 Å². The van der Waals surface area contributed by atoms with E-state index in [9.17, 15) is 19.5 Å². The summed E-state index contributed by atoms with van der Waals surface area (Å²) in [5.74, 6) is -1.27. The van der Waals surface area contributed by atoms with Crippen LogP contribution in [0.15, 0.2) is 10.8 Å². The molecule has 0 aliphatic carbocycles. The Labute approximate surface area is 142 Å². The lowest BCUT2D eigenvalue weighted by atomic mass is 9.84. The summed E-state index contributed by atoms with van der Waals surface area (Å²) in [5.41, 5.74) is 5.28. The number of primary amides is 1. The first-order chi connectivity index (χ1) is 11.3. The van der Waals surface area contributed by atoms with Gasteiger partial charge in [0.15, 0.2) is 0 Å². The van der Waals surface area contributed by atoms with Gasteiger partial charge in [0.05, 0.1) is 24.1 Å². The Morgan fingerprint density at radius 1 is 1.50 bits per heavy atom. The van der Waals surface area contributed by atoms with Crippen LogP contribution < -0.4 is 11.1 Å². The second kappa shape index (κ2) is 6.26. The van der Waals surface area contributed by atoms with Gasteiger partial charge in [0.2, 0.25) is 17.7 Å². The molecule has 10 heteroatoms. The van der Waals surface area contributed by atoms with Crippen LogP contribution in [0.25, 0.3) is 0 Å². The van der Waals surface area contributed by atoms with Gasteiger partial charge in [-0.05, 0) is 13.3 Å². The Kier molecular flexibility index (Phi) is 4.45. The van der Waals surface area contributed by atoms with E-state index in [1.807, 2.05) is 0 Å². The van der Waals surface area contributed by atoms with E-state index in [0.717, 1.165) is 0 Å². The third kappa shape index (κ3) is 2.85. The normalized spacial score (nSPS) is 33.2. The average molecular weight is 357 g/mol. The molecule has 3 rings (SSSR count). The van der Waals surface area contributed by atoms with Crippen LogP contribution in [-0.2, 0) is 14.3 Å². The highest BCUT2D eigenvalue weighted by molar-refractivity contribution is 8.03. The quantitative estimate of drug-likeness (QED) is 0.378. The summed E-state index contributed by atoms with van der Waals surface area (Å²) < 4.78 is 4.83. The molecule has 0 aromatic carbocycles. The third-order valence-corrected chi connectivity index (χ3v) is 5.89. The minimum absolute atomic E-state index is 0.0296. The molecule has 0 radical (unpaired) electrons. The molecular formula is C14H19N3O6S. The minimum atomic E-state index is -1.49. The highest BCUT2D eigenvalue weighted by Gasteiger charge is 2.57. The number of carbonyl (C=O) groups is 3. The maximum absolute atomic E-state index is 12.2. The molecule has 132 valence electrons. The number of β-lactam (4-membered cyclic amide) rings is 1. The number of aliphatic hydroxyl groups excluding tert-OH is 1. The lowest BCUT2D eigenvalue weighted by molar-refractivity contribution is -0.161. The molecule has 2 fully saturated rings. The van der Waals surface area contributed by atoms with Crippen molar-refractivity contribution in [2.75, 3.05) is 6.54 Å². The molecule has 3 aliphatic rings. The van der Waals surface area contributed by atoms with E-state index in [2.05, 4.69) is 5.32 Å². The van der Waals surface area contributed by atoms with Gasteiger partial charge >= 0.3 is 6.16 Å². The van der Waals surface area contributed by atoms with Gasteiger partial charge in [-0.2, -0.15) is 0 Å². The number of fused-ring (bicyclic) bond motifs is 1. The zero-order valence-corrected chi connectivity index (χ0v) is 13.8. The standard InChI is InChI=1S/C14H19N3O6S/c1-5(18)10-8-3-9(13(23-14(21)22)17(8)12(10)20)24-6-2-7(11(15)19)16-4-6/h5-8,10,16,18H,2-4H2,1H3,(H2,15,19)(H,21,22)/t5?,6?,7?,8-,10?/m1/s1. The van der Waals surface area contributed by atoms with E-state index in [1.165, 1.54) is 16.7 Å². The molecule has 0 aromatic rings. The second-order valence-corrected chi connectivity index (χ2v) is 7.58. The minimum Gasteiger partial charge on any atom is -0.449 e. The molecule has 24 heavy (non-hydrogen) atoms. The van der Waals surface area contributed by atoms with Crippen LogP contribution >= 0.6 is 11.8 Å². The molecule has 0 aromatic heterocycles. The molecule has 2 saturated heterocycles. The predicted molar refractivity (Wildman–Crippen MR) is 83.5 cm³/mol. The Bertz CT molecular complexity index is 622. The smallest absolute Gasteiger partial charge is 0.449 e. The van der Waals surface area contributed by atoms with Gasteiger partial charge in [0.25, 0.3) is 0 Å². The fraction of sp³-hybridized carbons (Fsp3) is 0.643. The van der Waals surface area contributed by atoms with Crippen molar-refractivity contribution in [2.24, 2.45) is 11.7 Å². The van der Waals surface area contributed by atoms with E-state index in [1.54, 1.807) is 6.92 Å². The summed E-state index contributed by atoms with van der Waals surface area (Å²) in [6.07, 6.45) is -1.33. The van der Waals surface area contributed by atoms with Crippen LogP contribution in [0, 0.1) is 5.92 Å². The number of nitrogens with zero attached hydrogens (tertiary/aromatic N) is 1. The van der Waals surface area contributed by atoms with Crippen LogP contribution in [0.2, 0.25) is 0 Å². The number of rotatable bonds is 5. The molecule has 3 aliphatic heterocycles. The molecule has 5 N–H and O–H groups in total. The van der Waals surface area contributed by atoms with Crippen molar-refractivity contribution in [1.82, 2.24) is 10.2 Å². The Balaban J connectivity index is 1.75. The van der Waals surface area contributed by atoms with Crippen molar-refractivity contribution in [2.45, 2.75) is 43.2 Å². The second-order valence-electron chi connectivity index (χ2n) is 6.18. The van der Waals surface area contributed by atoms with Crippen molar-refractivity contribution < 1.29 is 29.3 Å². The molecule has 0 spiro atoms. The number of hydrogen-bond acceptors (Lipinski definition) is 7. The fourth-order valence-electron chi connectivity index (χ4n) is 3.47. The summed E-state index contributed by atoms with van der Waals surface area (Å²) in [6, 6.07) is -0.687. The molecule has 3 heterocycles. The highest BCUT2D eigenvalue weighted by Crippen LogP contribution is 2.48. The van der Waals surface area contributed by atoms with E-state index in [4.69, 9.17) is 15.6 Å². The number of nitrogens with one attached hydrogen (secondary N) is 1. The maximum Gasteiger partial charge on any atom is 0.512 e. The van der Waals surface area contributed by atoms with Crippen molar-refractivity contribution in [3.05, 3.63) is 10.8 Å². The number of aliphatic hydroxyl groups is 1. The van der Waals surface area contributed by atoms with Crippen LogP contribution in [-0.4, -0.2) is 63.1 Å². The maximum atomic E-state index is 12.2. The number of nitrogens with two attached hydrogens (primary N) is 1. The number of amides is 2. The van der Waals surface area contributed by atoms with E-state index >= 15 is 0 Å². The Morgan fingerprint density at radius 3 is 2.75 bits per heavy atom. The SMILES string of the molecule is CC(O)C1C(=O)N2C(OC(=O)O)=C(SC3CNC(C(N)=O)C3)C[C@H]12. The topological polar surface area (TPSA) is 142 Å². The van der Waals surface area contributed by atoms with Crippen LogP contribution in [0.5, 0.6) is 0 Å². The van der Waals surface area contributed by atoms with E-state index in [-0.39, 0.29) is 23.1 Å². The molecule has 9 nitrogen and oxygen atoms in total. The molecule has 5 atom stereocenters. The van der Waals surface area contributed by atoms with Crippen molar-refractivity contribution in [3.8, 4) is 0 Å². The number of thioether (sulfide) groups is 1. The first-order valence-electron chi connectivity index (χ1n) is 7.64. The van der Waals surface area contributed by atoms with E-state index in [0.29, 0.717) is 24.3 Å². The van der Waals surface area contributed by atoms with Crippen molar-refractivity contribution in [3.63, 3.8) is 0 Å². The lowest BCUT2D eigenvalue weighted by Gasteiger charge is -2.44. The van der Waals surface area contributed by atoms with E-state index < -0.39 is 30.1 Å². The summed E-state index contributed by atoms with van der Waals surface area (Å²) in [5, 5.41) is 21.7. The van der Waals surface area contributed by atoms with Gasteiger partial charge in [-0.25, -0.2) is 4.79 Å². The largest absolute Gasteiger partial charge is 0.512 e. The molecule has 0 bridgehead atoms. The molecule has 0 saturated carbocycles. The average Bonchev–Trinajstić information content (AvgIpc) is 3.02. The zero-order valence-electron chi connectivity index (χ0n) is 13.0. The van der Waals surface area contributed by atoms with Crippen LogP contribution in [0.3, 0.4) is 0 Å². The number of ether oxygens (including phenoxy) is 1. The Morgan fingerprint density at radius 2 is 2.21 bits per heavy atom. The highest BCUT2D eigenvalue weighted by atomic mass is 32.2. The third-order valence-electron chi connectivity index (χ3n) is 4.57. The monoisotopic (exact) mass is 357 g/mol. The predicted octanol–water partition coefficient (Wildman–Crippen LogP) is -0.589. The van der Waals surface area contributed by atoms with Gasteiger partial charge in [0, 0.05) is 23.1 Å². The van der Waals surface area contributed by atoms with Gasteiger partial charge in [-0.15, -0.1) is 11.8 Å². The van der Waals surface area contributed by atoms with Crippen molar-refractivity contribution >= 4 is 29.7 Å². The lowest BCUT2D eigenvalue weighted by Crippen LogP contribution is -2.61. The Hall–Kier alpha value is -1.78. The number of carboxylic acid groups (broad SMARTS) is 1. The van der Waals surface area contributed by atoms with Gasteiger partial charge in [0.1, 0.15) is 0 Å². The first-order valence-corrected chi connectivity index (χ1v) is 8.52. The van der Waals surface area contributed by atoms with Crippen LogP contribution in [0.1, 0.15) is 19.8 Å². The molecular weight excluding hydrogens is 338 g/mol. The fourth-order valence-corrected chi connectivity index (χ4v) is 4.85. The summed E-state index contributed by atoms with van der Waals surface area (Å²) in [7, 11) is 0.